The van der Waals surface area contributed by atoms with Gasteiger partial charge < -0.3 is 14.2 Å². The van der Waals surface area contributed by atoms with Crippen LogP contribution in [0.25, 0.3) is 0 Å². The van der Waals surface area contributed by atoms with Gasteiger partial charge >= 0.3 is 5.69 Å². The fourth-order valence-corrected chi connectivity index (χ4v) is 2.86. The van der Waals surface area contributed by atoms with Crippen LogP contribution in [0.1, 0.15) is 19.3 Å². The molecule has 1 saturated heterocycles. The summed E-state index contributed by atoms with van der Waals surface area (Å²) < 4.78 is 7.23. The van der Waals surface area contributed by atoms with E-state index in [1.807, 2.05) is 0 Å². The number of aromatic nitrogens is 3. The molecule has 3 rings (SSSR count). The summed E-state index contributed by atoms with van der Waals surface area (Å²) in [4.78, 5) is 43.0. The number of aryl methyl sites for hydroxylation is 1. The van der Waals surface area contributed by atoms with Crippen LogP contribution in [0.4, 0.5) is 0 Å². The predicted octanol–water partition coefficient (Wildman–Crippen LogP) is 0.392. The number of ether oxygens (including phenoxy) is 1. The molecule has 1 amide bonds. The Bertz CT molecular complexity index is 830. The van der Waals surface area contributed by atoms with Crippen LogP contribution in [-0.2, 0) is 11.3 Å². The highest BCUT2D eigenvalue weighted by Crippen LogP contribution is 2.18. The van der Waals surface area contributed by atoms with Gasteiger partial charge in [-0.25, -0.2) is 4.79 Å². The summed E-state index contributed by atoms with van der Waals surface area (Å²) in [6, 6.07) is 4.86. The number of piperidine rings is 1. The minimum Gasteiger partial charge on any atom is -0.488 e. The first kappa shape index (κ1) is 16.9. The number of rotatable bonds is 5. The predicted molar refractivity (Wildman–Crippen MR) is 90.4 cm³/mol. The Hall–Kier alpha value is -2.90. The van der Waals surface area contributed by atoms with E-state index >= 15 is 0 Å². The summed E-state index contributed by atoms with van der Waals surface area (Å²) in [7, 11) is 0. The molecule has 0 radical (unpaired) electrons. The summed E-state index contributed by atoms with van der Waals surface area (Å²) in [6.07, 6.45) is 6.67. The Kier molecular flexibility index (Phi) is 5.27. The Morgan fingerprint density at radius 1 is 1.28 bits per heavy atom. The number of hydrogen-bond acceptors (Lipinski definition) is 5. The molecular formula is C17H20N4O4. The van der Waals surface area contributed by atoms with Gasteiger partial charge in [-0.2, -0.15) is 0 Å². The Balaban J connectivity index is 1.54. The van der Waals surface area contributed by atoms with Gasteiger partial charge in [0.25, 0.3) is 5.56 Å². The highest BCUT2D eigenvalue weighted by Gasteiger charge is 2.24. The lowest BCUT2D eigenvalue weighted by atomic mass is 10.1. The van der Waals surface area contributed by atoms with Gasteiger partial charge in [-0.3, -0.25) is 19.6 Å². The quantitative estimate of drug-likeness (QED) is 0.846. The van der Waals surface area contributed by atoms with Crippen molar-refractivity contribution < 1.29 is 9.53 Å². The van der Waals surface area contributed by atoms with Gasteiger partial charge in [0.15, 0.2) is 0 Å². The van der Waals surface area contributed by atoms with E-state index < -0.39 is 11.2 Å². The van der Waals surface area contributed by atoms with Crippen LogP contribution in [0.15, 0.2) is 46.4 Å². The first-order chi connectivity index (χ1) is 12.1. The van der Waals surface area contributed by atoms with Crippen molar-refractivity contribution in [3.63, 3.8) is 0 Å². The molecule has 0 unspecified atom stereocenters. The Morgan fingerprint density at radius 2 is 2.08 bits per heavy atom. The summed E-state index contributed by atoms with van der Waals surface area (Å²) in [5, 5.41) is 0. The first-order valence-corrected chi connectivity index (χ1v) is 8.26. The van der Waals surface area contributed by atoms with Crippen molar-refractivity contribution in [2.24, 2.45) is 0 Å². The molecule has 0 aliphatic carbocycles. The molecule has 1 atom stereocenters. The highest BCUT2D eigenvalue weighted by molar-refractivity contribution is 5.76. The maximum absolute atomic E-state index is 12.4. The van der Waals surface area contributed by atoms with E-state index in [-0.39, 0.29) is 25.0 Å². The summed E-state index contributed by atoms with van der Waals surface area (Å²) in [5.41, 5.74) is -0.947. The lowest BCUT2D eigenvalue weighted by Gasteiger charge is -2.33. The number of likely N-dealkylation sites (tertiary alicyclic amines) is 1. The van der Waals surface area contributed by atoms with Gasteiger partial charge in [0.2, 0.25) is 5.91 Å². The lowest BCUT2D eigenvalue weighted by molar-refractivity contribution is -0.134. The average Bonchev–Trinajstić information content (AvgIpc) is 2.62. The maximum Gasteiger partial charge on any atom is 0.328 e. The molecule has 1 aliphatic heterocycles. The highest BCUT2D eigenvalue weighted by atomic mass is 16.5. The molecule has 8 nitrogen and oxygen atoms in total. The molecule has 2 aromatic rings. The van der Waals surface area contributed by atoms with E-state index in [1.54, 1.807) is 29.4 Å². The van der Waals surface area contributed by atoms with Crippen molar-refractivity contribution in [3.8, 4) is 5.75 Å². The standard InChI is InChI=1S/C17H20N4O4/c22-15-5-10-20(17(24)19-15)11-6-16(23)21-9-1-2-14(12-21)25-13-3-7-18-8-4-13/h3-5,7-8,10,14H,1-2,6,9,11-12H2,(H,19,22,24)/t14-/m1/s1. The number of nitrogens with zero attached hydrogens (tertiary/aromatic N) is 3. The summed E-state index contributed by atoms with van der Waals surface area (Å²) in [6.45, 7) is 1.46. The van der Waals surface area contributed by atoms with Crippen LogP contribution in [0.2, 0.25) is 0 Å². The Labute approximate surface area is 144 Å². The monoisotopic (exact) mass is 344 g/mol. The average molecular weight is 344 g/mol. The van der Waals surface area contributed by atoms with Crippen LogP contribution in [-0.4, -0.2) is 44.5 Å². The minimum absolute atomic E-state index is 0.0267. The van der Waals surface area contributed by atoms with Crippen molar-refractivity contribution >= 4 is 5.91 Å². The largest absolute Gasteiger partial charge is 0.488 e. The smallest absolute Gasteiger partial charge is 0.328 e. The second-order valence-corrected chi connectivity index (χ2v) is 5.96. The molecule has 2 aromatic heterocycles. The second kappa shape index (κ2) is 7.78. The first-order valence-electron chi connectivity index (χ1n) is 8.26. The van der Waals surface area contributed by atoms with Crippen molar-refractivity contribution in [1.29, 1.82) is 0 Å². The van der Waals surface area contributed by atoms with E-state index in [0.29, 0.717) is 13.1 Å². The lowest BCUT2D eigenvalue weighted by Crippen LogP contribution is -2.44. The molecule has 0 bridgehead atoms. The zero-order valence-corrected chi connectivity index (χ0v) is 13.8. The third kappa shape index (κ3) is 4.56. The van der Waals surface area contributed by atoms with E-state index in [0.717, 1.165) is 18.6 Å². The third-order valence-corrected chi connectivity index (χ3v) is 4.15. The zero-order chi connectivity index (χ0) is 17.6. The van der Waals surface area contributed by atoms with Crippen molar-refractivity contribution in [3.05, 3.63) is 57.6 Å². The zero-order valence-electron chi connectivity index (χ0n) is 13.8. The van der Waals surface area contributed by atoms with E-state index in [2.05, 4.69) is 9.97 Å². The summed E-state index contributed by atoms with van der Waals surface area (Å²) >= 11 is 0. The molecule has 1 N–H and O–H groups in total. The van der Waals surface area contributed by atoms with E-state index in [9.17, 15) is 14.4 Å². The van der Waals surface area contributed by atoms with Crippen LogP contribution in [0.5, 0.6) is 5.75 Å². The van der Waals surface area contributed by atoms with Crippen LogP contribution < -0.4 is 16.0 Å². The molecule has 132 valence electrons. The second-order valence-electron chi connectivity index (χ2n) is 5.96. The number of hydrogen-bond donors (Lipinski definition) is 1. The minimum atomic E-state index is -0.502. The normalized spacial score (nSPS) is 17.3. The molecule has 8 heteroatoms. The molecule has 0 spiro atoms. The van der Waals surface area contributed by atoms with Gasteiger partial charge in [-0.1, -0.05) is 0 Å². The van der Waals surface area contributed by atoms with Gasteiger partial charge in [0.05, 0.1) is 6.54 Å². The van der Waals surface area contributed by atoms with Crippen LogP contribution >= 0.6 is 0 Å². The fourth-order valence-electron chi connectivity index (χ4n) is 2.86. The number of pyridine rings is 1. The summed E-state index contributed by atoms with van der Waals surface area (Å²) in [5.74, 6) is 0.718. The number of nitrogens with one attached hydrogen (secondary N) is 1. The molecule has 0 saturated carbocycles. The maximum atomic E-state index is 12.4. The van der Waals surface area contributed by atoms with E-state index in [4.69, 9.17) is 4.74 Å². The van der Waals surface area contributed by atoms with Crippen molar-refractivity contribution in [2.45, 2.75) is 31.9 Å². The number of aromatic amines is 1. The van der Waals surface area contributed by atoms with Crippen molar-refractivity contribution in [2.75, 3.05) is 13.1 Å². The third-order valence-electron chi connectivity index (χ3n) is 4.15. The van der Waals surface area contributed by atoms with Gasteiger partial charge in [0.1, 0.15) is 11.9 Å². The number of carbonyl (C=O) groups is 1. The number of H-pyrrole nitrogens is 1. The number of amides is 1. The van der Waals surface area contributed by atoms with Gasteiger partial charge in [-0.05, 0) is 25.0 Å². The molecule has 1 fully saturated rings. The van der Waals surface area contributed by atoms with E-state index in [1.165, 1.54) is 16.8 Å². The fraction of sp³-hybridized carbons (Fsp3) is 0.412. The van der Waals surface area contributed by atoms with Crippen LogP contribution in [0, 0.1) is 0 Å². The SMILES string of the molecule is O=C(CCn1ccc(=O)[nH]c1=O)N1CCC[C@@H](Oc2ccncc2)C1. The van der Waals surface area contributed by atoms with Gasteiger partial charge in [0, 0.05) is 44.2 Å². The molecular weight excluding hydrogens is 324 g/mol. The molecule has 0 aromatic carbocycles. The molecule has 25 heavy (non-hydrogen) atoms. The molecule has 3 heterocycles. The number of carbonyl (C=O) groups excluding carboxylic acids is 1. The Morgan fingerprint density at radius 3 is 2.84 bits per heavy atom. The van der Waals surface area contributed by atoms with Gasteiger partial charge in [-0.15, -0.1) is 0 Å². The topological polar surface area (TPSA) is 97.3 Å². The van der Waals surface area contributed by atoms with Crippen molar-refractivity contribution in [1.82, 2.24) is 19.4 Å². The van der Waals surface area contributed by atoms with Crippen LogP contribution in [0.3, 0.4) is 0 Å². The molecule has 1 aliphatic rings.